The average Bonchev–Trinajstić information content (AvgIpc) is 3.05. The van der Waals surface area contributed by atoms with Gasteiger partial charge in [0.25, 0.3) is 0 Å². The minimum Gasteiger partial charge on any atom is -0.459 e. The zero-order valence-electron chi connectivity index (χ0n) is 24.1. The lowest BCUT2D eigenvalue weighted by atomic mass is 9.83. The number of ether oxygens (including phenoxy) is 1. The van der Waals surface area contributed by atoms with Crippen LogP contribution in [0, 0.1) is 5.92 Å². The van der Waals surface area contributed by atoms with E-state index in [0.29, 0.717) is 17.7 Å². The molecular formula is C35H38N2O5. The van der Waals surface area contributed by atoms with Crippen molar-refractivity contribution in [2.45, 2.75) is 77.1 Å². The molecule has 2 atom stereocenters. The Labute approximate surface area is 247 Å². The summed E-state index contributed by atoms with van der Waals surface area (Å²) < 4.78 is 5.71. The molecule has 42 heavy (non-hydrogen) atoms. The lowest BCUT2D eigenvalue weighted by Gasteiger charge is -2.39. The third-order valence-electron chi connectivity index (χ3n) is 8.42. The number of hydrogen-bond donors (Lipinski definition) is 0. The van der Waals surface area contributed by atoms with Crippen LogP contribution >= 0.6 is 0 Å². The van der Waals surface area contributed by atoms with Gasteiger partial charge in [-0.1, -0.05) is 105 Å². The fourth-order valence-corrected chi connectivity index (χ4v) is 6.31. The molecule has 7 heteroatoms. The second-order valence-electron chi connectivity index (χ2n) is 11.3. The van der Waals surface area contributed by atoms with Crippen LogP contribution in [0.4, 0.5) is 5.69 Å². The van der Waals surface area contributed by atoms with Crippen molar-refractivity contribution in [3.63, 3.8) is 0 Å². The molecule has 0 spiro atoms. The van der Waals surface area contributed by atoms with Crippen molar-refractivity contribution in [1.82, 2.24) is 4.90 Å². The lowest BCUT2D eigenvalue weighted by molar-refractivity contribution is -0.159. The summed E-state index contributed by atoms with van der Waals surface area (Å²) in [6.07, 6.45) is 5.40. The summed E-state index contributed by atoms with van der Waals surface area (Å²) in [7, 11) is 0. The number of rotatable bonds is 7. The van der Waals surface area contributed by atoms with E-state index in [1.807, 2.05) is 60.7 Å². The second-order valence-corrected chi connectivity index (χ2v) is 11.3. The minimum atomic E-state index is -1.22. The van der Waals surface area contributed by atoms with Gasteiger partial charge in [0.05, 0.1) is 12.2 Å². The minimum absolute atomic E-state index is 0.00800. The summed E-state index contributed by atoms with van der Waals surface area (Å²) in [6.45, 7) is 1.61. The van der Waals surface area contributed by atoms with E-state index in [1.54, 1.807) is 29.2 Å². The largest absolute Gasteiger partial charge is 0.459 e. The van der Waals surface area contributed by atoms with Crippen molar-refractivity contribution in [3.05, 3.63) is 102 Å². The normalized spacial score (nSPS) is 19.8. The number of nitrogens with zero attached hydrogens (tertiary/aromatic N) is 2. The number of anilines is 1. The van der Waals surface area contributed by atoms with Gasteiger partial charge in [-0.3, -0.25) is 14.4 Å². The van der Waals surface area contributed by atoms with Crippen LogP contribution in [0.1, 0.15) is 73.4 Å². The molecule has 0 bridgehead atoms. The molecule has 7 nitrogen and oxygen atoms in total. The average molecular weight is 567 g/mol. The number of amides is 2. The fraction of sp³-hybridized carbons (Fsp3) is 0.371. The van der Waals surface area contributed by atoms with Crippen LogP contribution in [0.3, 0.4) is 0 Å². The highest BCUT2D eigenvalue weighted by Gasteiger charge is 2.44. The number of para-hydroxylation sites is 1. The summed E-state index contributed by atoms with van der Waals surface area (Å²) in [5, 5.41) is 0. The molecule has 3 aromatic carbocycles. The standard InChI is InChI=1S/C35H38N2O5/c1-25(38)37-31(21-26-13-5-2-6-14-26)34(40)36(23-27-15-7-3-8-16-27)30-20-12-11-19-29(30)33(39)22-32(37)35(41)42-24-28-17-9-4-10-18-28/h3-4,7-12,15-20,26,31-32H,2,5-6,13-14,21-24H2,1H3/t31-,32+/m1/s1. The number of fused-ring (bicyclic) bond motifs is 1. The predicted octanol–water partition coefficient (Wildman–Crippen LogP) is 6.11. The van der Waals surface area contributed by atoms with E-state index in [2.05, 4.69) is 0 Å². The number of esters is 1. The molecule has 218 valence electrons. The van der Waals surface area contributed by atoms with Crippen LogP contribution < -0.4 is 4.90 Å². The van der Waals surface area contributed by atoms with Crippen LogP contribution in [0.2, 0.25) is 0 Å². The van der Waals surface area contributed by atoms with Crippen molar-refractivity contribution in [2.24, 2.45) is 5.92 Å². The van der Waals surface area contributed by atoms with Crippen LogP contribution in [0.15, 0.2) is 84.9 Å². The molecule has 1 heterocycles. The molecule has 2 amide bonds. The third kappa shape index (κ3) is 6.78. The van der Waals surface area contributed by atoms with Gasteiger partial charge in [0.1, 0.15) is 18.7 Å². The molecule has 0 unspecified atom stereocenters. The summed E-state index contributed by atoms with van der Waals surface area (Å²) in [5.74, 6) is -1.48. The molecule has 0 radical (unpaired) electrons. The van der Waals surface area contributed by atoms with E-state index in [0.717, 1.165) is 43.2 Å². The first-order chi connectivity index (χ1) is 20.4. The molecule has 1 fully saturated rings. The topological polar surface area (TPSA) is 84.0 Å². The monoisotopic (exact) mass is 566 g/mol. The van der Waals surface area contributed by atoms with Crippen molar-refractivity contribution in [1.29, 1.82) is 0 Å². The molecule has 2 aliphatic rings. The van der Waals surface area contributed by atoms with Gasteiger partial charge in [0.2, 0.25) is 11.8 Å². The lowest BCUT2D eigenvalue weighted by Crippen LogP contribution is -2.57. The maximum absolute atomic E-state index is 14.7. The first-order valence-electron chi connectivity index (χ1n) is 14.9. The maximum atomic E-state index is 14.7. The molecule has 3 aromatic rings. The number of hydrogen-bond acceptors (Lipinski definition) is 5. The Bertz CT molecular complexity index is 1400. The fourth-order valence-electron chi connectivity index (χ4n) is 6.31. The molecule has 1 aliphatic carbocycles. The zero-order chi connectivity index (χ0) is 29.5. The molecule has 1 aliphatic heterocycles. The Morgan fingerprint density at radius 2 is 1.43 bits per heavy atom. The third-order valence-corrected chi connectivity index (χ3v) is 8.42. The molecule has 1 saturated carbocycles. The first-order valence-corrected chi connectivity index (χ1v) is 14.9. The Morgan fingerprint density at radius 1 is 0.810 bits per heavy atom. The number of carbonyl (C=O) groups excluding carboxylic acids is 4. The SMILES string of the molecule is CC(=O)N1[C@H](CC2CCCCC2)C(=O)N(Cc2ccccc2)c2ccccc2C(=O)C[C@H]1C(=O)OCc1ccccc1. The smallest absolute Gasteiger partial charge is 0.329 e. The Balaban J connectivity index is 1.58. The van der Waals surface area contributed by atoms with Crippen LogP contribution in [-0.2, 0) is 32.3 Å². The van der Waals surface area contributed by atoms with Crippen molar-refractivity contribution >= 4 is 29.3 Å². The molecule has 0 aromatic heterocycles. The molecule has 0 N–H and O–H groups in total. The van der Waals surface area contributed by atoms with Gasteiger partial charge >= 0.3 is 5.97 Å². The summed E-state index contributed by atoms with van der Waals surface area (Å²) >= 11 is 0. The van der Waals surface area contributed by atoms with E-state index in [1.165, 1.54) is 11.8 Å². The van der Waals surface area contributed by atoms with Gasteiger partial charge < -0.3 is 14.5 Å². The number of Topliss-reactive ketones (excluding diaryl/α,β-unsaturated/α-hetero) is 1. The highest BCUT2D eigenvalue weighted by molar-refractivity contribution is 6.10. The van der Waals surface area contributed by atoms with Crippen molar-refractivity contribution in [3.8, 4) is 0 Å². The Morgan fingerprint density at radius 3 is 2.10 bits per heavy atom. The van der Waals surface area contributed by atoms with Gasteiger partial charge in [0.15, 0.2) is 5.78 Å². The summed E-state index contributed by atoms with van der Waals surface area (Å²) in [6, 6.07) is 23.8. The van der Waals surface area contributed by atoms with Gasteiger partial charge in [0, 0.05) is 18.9 Å². The van der Waals surface area contributed by atoms with Gasteiger partial charge in [-0.2, -0.15) is 0 Å². The highest BCUT2D eigenvalue weighted by Crippen LogP contribution is 2.34. The van der Waals surface area contributed by atoms with Crippen LogP contribution in [0.5, 0.6) is 0 Å². The summed E-state index contributed by atoms with van der Waals surface area (Å²) in [5.41, 5.74) is 2.54. The number of carbonyl (C=O) groups is 4. The van der Waals surface area contributed by atoms with Crippen molar-refractivity contribution in [2.75, 3.05) is 4.90 Å². The maximum Gasteiger partial charge on any atom is 0.329 e. The van der Waals surface area contributed by atoms with E-state index in [9.17, 15) is 19.2 Å². The van der Waals surface area contributed by atoms with Crippen LogP contribution in [0.25, 0.3) is 0 Å². The quantitative estimate of drug-likeness (QED) is 0.323. The molecule has 5 rings (SSSR count). The summed E-state index contributed by atoms with van der Waals surface area (Å²) in [4.78, 5) is 58.8. The second kappa shape index (κ2) is 13.6. The highest BCUT2D eigenvalue weighted by atomic mass is 16.5. The zero-order valence-corrected chi connectivity index (χ0v) is 24.1. The van der Waals surface area contributed by atoms with E-state index < -0.39 is 24.0 Å². The number of benzene rings is 3. The molecular weight excluding hydrogens is 528 g/mol. The first kappa shape index (κ1) is 29.2. The Hall–Kier alpha value is -4.26. The predicted molar refractivity (Wildman–Crippen MR) is 161 cm³/mol. The van der Waals surface area contributed by atoms with E-state index >= 15 is 0 Å². The van der Waals surface area contributed by atoms with Gasteiger partial charge in [-0.05, 0) is 35.6 Å². The van der Waals surface area contributed by atoms with E-state index in [4.69, 9.17) is 4.74 Å². The van der Waals surface area contributed by atoms with E-state index in [-0.39, 0.29) is 37.2 Å². The number of ketones is 1. The van der Waals surface area contributed by atoms with Gasteiger partial charge in [-0.15, -0.1) is 0 Å². The van der Waals surface area contributed by atoms with Gasteiger partial charge in [-0.25, -0.2) is 4.79 Å². The van der Waals surface area contributed by atoms with Crippen LogP contribution in [-0.4, -0.2) is 40.6 Å². The molecule has 0 saturated heterocycles. The van der Waals surface area contributed by atoms with Crippen molar-refractivity contribution < 1.29 is 23.9 Å². The Kier molecular flexibility index (Phi) is 9.47.